The van der Waals surface area contributed by atoms with Gasteiger partial charge in [-0.25, -0.2) is 0 Å². The molecular weight excluding hydrogens is 349 g/mol. The van der Waals surface area contributed by atoms with Crippen molar-refractivity contribution >= 4 is 11.6 Å². The molecule has 0 amide bonds. The lowest BCUT2D eigenvalue weighted by Crippen LogP contribution is -2.51. The fourth-order valence-electron chi connectivity index (χ4n) is 4.60. The van der Waals surface area contributed by atoms with Crippen molar-refractivity contribution in [2.45, 2.75) is 62.2 Å². The number of hydrogen-bond donors (Lipinski definition) is 0. The fourth-order valence-corrected chi connectivity index (χ4v) is 4.78. The summed E-state index contributed by atoms with van der Waals surface area (Å²) in [5, 5.41) is 0.585. The summed E-state index contributed by atoms with van der Waals surface area (Å²) in [7, 11) is 0. The number of allylic oxidation sites excluding steroid dienone is 2. The van der Waals surface area contributed by atoms with Gasteiger partial charge >= 0.3 is 6.18 Å². The summed E-state index contributed by atoms with van der Waals surface area (Å²) in [4.78, 5) is 5.92. The maximum absolute atomic E-state index is 13.0. The zero-order valence-corrected chi connectivity index (χ0v) is 14.7. The lowest BCUT2D eigenvalue weighted by atomic mass is 9.70. The van der Waals surface area contributed by atoms with Crippen LogP contribution in [0.2, 0.25) is 5.02 Å². The first kappa shape index (κ1) is 17.3. The number of halogens is 4. The topological polar surface area (TPSA) is 16.1 Å². The van der Waals surface area contributed by atoms with Gasteiger partial charge in [0, 0.05) is 29.9 Å². The predicted molar refractivity (Wildman–Crippen MR) is 91.6 cm³/mol. The molecule has 0 radical (unpaired) electrons. The Hall–Kier alpha value is -1.07. The third-order valence-corrected chi connectivity index (χ3v) is 6.13. The van der Waals surface area contributed by atoms with E-state index in [0.717, 1.165) is 18.4 Å². The van der Waals surface area contributed by atoms with Crippen LogP contribution >= 0.6 is 11.6 Å². The lowest BCUT2D eigenvalue weighted by molar-refractivity contribution is -0.156. The van der Waals surface area contributed by atoms with Crippen LogP contribution in [-0.2, 0) is 5.41 Å². The smallest absolute Gasteiger partial charge is 0.289 e. The molecule has 2 atom stereocenters. The number of aromatic nitrogens is 1. The van der Waals surface area contributed by atoms with Gasteiger partial charge < -0.3 is 0 Å². The Balaban J connectivity index is 1.65. The molecule has 0 N–H and O–H groups in total. The second kappa shape index (κ2) is 6.27. The van der Waals surface area contributed by atoms with Crippen LogP contribution in [0.3, 0.4) is 0 Å². The van der Waals surface area contributed by atoms with Gasteiger partial charge in [0.05, 0.1) is 11.6 Å². The summed E-state index contributed by atoms with van der Waals surface area (Å²) >= 11 is 6.16. The quantitative estimate of drug-likeness (QED) is 0.683. The van der Waals surface area contributed by atoms with Gasteiger partial charge in [0.1, 0.15) is 0 Å². The van der Waals surface area contributed by atoms with Crippen LogP contribution in [-0.4, -0.2) is 34.7 Å². The van der Waals surface area contributed by atoms with E-state index in [2.05, 4.69) is 17.1 Å². The molecule has 1 saturated carbocycles. The Kier molecular flexibility index (Phi) is 4.35. The van der Waals surface area contributed by atoms with Gasteiger partial charge in [0.25, 0.3) is 0 Å². The number of rotatable bonds is 4. The van der Waals surface area contributed by atoms with Gasteiger partial charge in [-0.05, 0) is 56.1 Å². The largest absolute Gasteiger partial charge is 0.401 e. The first-order chi connectivity index (χ1) is 11.8. The highest BCUT2D eigenvalue weighted by Crippen LogP contribution is 2.49. The van der Waals surface area contributed by atoms with Crippen LogP contribution in [0.4, 0.5) is 13.2 Å². The average molecular weight is 371 g/mol. The molecule has 1 aromatic heterocycles. The molecule has 6 heteroatoms. The van der Waals surface area contributed by atoms with Gasteiger partial charge in [0.15, 0.2) is 0 Å². The summed E-state index contributed by atoms with van der Waals surface area (Å²) in [6.45, 7) is -0.793. The SMILES string of the molecule is FC(F)(F)CN1C2CCC1CC(C=CC1CC1)(c1cncc(Cl)c1)C2. The summed E-state index contributed by atoms with van der Waals surface area (Å²) < 4.78 is 38.9. The molecule has 2 aliphatic heterocycles. The van der Waals surface area contributed by atoms with E-state index in [-0.39, 0.29) is 17.5 Å². The molecule has 2 saturated heterocycles. The molecule has 4 rings (SSSR count). The maximum Gasteiger partial charge on any atom is 0.401 e. The van der Waals surface area contributed by atoms with E-state index >= 15 is 0 Å². The molecule has 3 heterocycles. The molecule has 1 aliphatic carbocycles. The average Bonchev–Trinajstić information content (AvgIpc) is 3.33. The number of hydrogen-bond acceptors (Lipinski definition) is 2. The lowest BCUT2D eigenvalue weighted by Gasteiger charge is -2.46. The van der Waals surface area contributed by atoms with Crippen LogP contribution < -0.4 is 0 Å². The molecule has 3 fully saturated rings. The first-order valence-corrected chi connectivity index (χ1v) is 9.35. The fraction of sp³-hybridized carbons (Fsp3) is 0.632. The summed E-state index contributed by atoms with van der Waals surface area (Å²) in [5.41, 5.74) is 0.800. The van der Waals surface area contributed by atoms with Crippen LogP contribution in [0.25, 0.3) is 0 Å². The summed E-state index contributed by atoms with van der Waals surface area (Å²) in [6, 6.07) is 1.89. The van der Waals surface area contributed by atoms with Crippen LogP contribution in [0.5, 0.6) is 0 Å². The van der Waals surface area contributed by atoms with Crippen molar-refractivity contribution in [1.82, 2.24) is 9.88 Å². The van der Waals surface area contributed by atoms with Crippen molar-refractivity contribution in [3.05, 3.63) is 41.2 Å². The predicted octanol–water partition coefficient (Wildman–Crippen LogP) is 5.13. The van der Waals surface area contributed by atoms with E-state index in [1.807, 2.05) is 12.3 Å². The molecule has 3 aliphatic rings. The standard InChI is InChI=1S/C19H22ClF3N2/c20-15-7-14(10-24-11-15)18(6-5-13-1-2-13)8-16-3-4-17(9-18)25(16)12-19(21,22)23/h5-7,10-11,13,16-17H,1-4,8-9,12H2. The highest BCUT2D eigenvalue weighted by atomic mass is 35.5. The molecule has 2 nitrogen and oxygen atoms in total. The van der Waals surface area contributed by atoms with E-state index in [4.69, 9.17) is 11.6 Å². The molecule has 0 aromatic carbocycles. The molecule has 1 aromatic rings. The van der Waals surface area contributed by atoms with Crippen LogP contribution in [0.1, 0.15) is 44.1 Å². The number of piperidine rings is 1. The molecule has 136 valence electrons. The van der Waals surface area contributed by atoms with Crippen molar-refractivity contribution in [2.24, 2.45) is 5.92 Å². The third kappa shape index (κ3) is 3.72. The minimum absolute atomic E-state index is 0.0248. The summed E-state index contributed by atoms with van der Waals surface area (Å²) in [5.74, 6) is 0.634. The van der Waals surface area contributed by atoms with Gasteiger partial charge in [-0.2, -0.15) is 13.2 Å². The van der Waals surface area contributed by atoms with E-state index in [1.165, 1.54) is 12.8 Å². The van der Waals surface area contributed by atoms with Crippen LogP contribution in [0.15, 0.2) is 30.6 Å². The van der Waals surface area contributed by atoms with Crippen molar-refractivity contribution in [1.29, 1.82) is 0 Å². The van der Waals surface area contributed by atoms with Gasteiger partial charge in [-0.15, -0.1) is 0 Å². The highest BCUT2D eigenvalue weighted by Gasteiger charge is 2.50. The van der Waals surface area contributed by atoms with Crippen molar-refractivity contribution in [2.75, 3.05) is 6.54 Å². The zero-order valence-electron chi connectivity index (χ0n) is 14.0. The Bertz CT molecular complexity index is 655. The van der Waals surface area contributed by atoms with E-state index in [1.54, 1.807) is 11.1 Å². The molecular formula is C19H22ClF3N2. The van der Waals surface area contributed by atoms with E-state index in [9.17, 15) is 13.2 Å². The second-order valence-corrected chi connectivity index (χ2v) is 8.26. The minimum Gasteiger partial charge on any atom is -0.289 e. The molecule has 2 unspecified atom stereocenters. The third-order valence-electron chi connectivity index (χ3n) is 5.92. The second-order valence-electron chi connectivity index (χ2n) is 7.83. The van der Waals surface area contributed by atoms with E-state index in [0.29, 0.717) is 23.8 Å². The number of alkyl halides is 3. The highest BCUT2D eigenvalue weighted by molar-refractivity contribution is 6.30. The van der Waals surface area contributed by atoms with E-state index < -0.39 is 12.7 Å². The molecule has 25 heavy (non-hydrogen) atoms. The van der Waals surface area contributed by atoms with Crippen molar-refractivity contribution in [3.8, 4) is 0 Å². The van der Waals surface area contributed by atoms with Crippen LogP contribution in [0, 0.1) is 5.92 Å². The van der Waals surface area contributed by atoms with Crippen molar-refractivity contribution in [3.63, 3.8) is 0 Å². The Morgan fingerprint density at radius 1 is 1.16 bits per heavy atom. The summed E-state index contributed by atoms with van der Waals surface area (Å²) in [6.07, 6.45) is 9.37. The minimum atomic E-state index is -4.14. The molecule has 2 bridgehead atoms. The van der Waals surface area contributed by atoms with Gasteiger partial charge in [-0.3, -0.25) is 9.88 Å². The first-order valence-electron chi connectivity index (χ1n) is 8.98. The zero-order chi connectivity index (χ0) is 17.7. The number of fused-ring (bicyclic) bond motifs is 2. The van der Waals surface area contributed by atoms with Gasteiger partial charge in [-0.1, -0.05) is 23.8 Å². The Morgan fingerprint density at radius 3 is 2.40 bits per heavy atom. The maximum atomic E-state index is 13.0. The monoisotopic (exact) mass is 370 g/mol. The van der Waals surface area contributed by atoms with Crippen molar-refractivity contribution < 1.29 is 13.2 Å². The molecule has 0 spiro atoms. The normalized spacial score (nSPS) is 33.3. The Labute approximate surface area is 151 Å². The number of pyridine rings is 1. The number of nitrogens with zero attached hydrogens (tertiary/aromatic N) is 2. The Morgan fingerprint density at radius 2 is 1.84 bits per heavy atom. The van der Waals surface area contributed by atoms with Gasteiger partial charge in [0.2, 0.25) is 0 Å².